The minimum Gasteiger partial charge on any atom is -0.505 e. The summed E-state index contributed by atoms with van der Waals surface area (Å²) in [6.07, 6.45) is 0. The highest BCUT2D eigenvalue weighted by Crippen LogP contribution is 2.30. The molecule has 1 aromatic rings. The minimum absolute atomic E-state index is 0.165. The second-order valence-corrected chi connectivity index (χ2v) is 2.74. The number of rotatable bonds is 2. The van der Waals surface area contributed by atoms with E-state index in [9.17, 15) is 9.50 Å². The Labute approximate surface area is 75.1 Å². The molecule has 0 radical (unpaired) electrons. The van der Waals surface area contributed by atoms with Gasteiger partial charge in [0, 0.05) is 18.2 Å². The second-order valence-electron chi connectivity index (χ2n) is 2.74. The summed E-state index contributed by atoms with van der Waals surface area (Å²) in [6, 6.07) is 2.00. The van der Waals surface area contributed by atoms with Gasteiger partial charge in [-0.2, -0.15) is 0 Å². The summed E-state index contributed by atoms with van der Waals surface area (Å²) in [7, 11) is 0. The van der Waals surface area contributed by atoms with Crippen molar-refractivity contribution in [2.75, 3.05) is 12.3 Å². The molecule has 0 aromatic heterocycles. The summed E-state index contributed by atoms with van der Waals surface area (Å²) in [6.45, 7) is 0.165. The molecule has 0 amide bonds. The van der Waals surface area contributed by atoms with Crippen LogP contribution in [-0.4, -0.2) is 11.7 Å². The van der Waals surface area contributed by atoms with Crippen molar-refractivity contribution in [1.82, 2.24) is 0 Å². The van der Waals surface area contributed by atoms with E-state index in [0.717, 1.165) is 6.07 Å². The van der Waals surface area contributed by atoms with E-state index < -0.39 is 11.9 Å². The molecule has 4 nitrogen and oxygen atoms in total. The molecule has 0 unspecified atom stereocenters. The number of phenolic OH excluding ortho intramolecular Hbond substituents is 1. The first-order chi connectivity index (χ1) is 6.07. The van der Waals surface area contributed by atoms with E-state index in [-0.39, 0.29) is 18.0 Å². The average molecular weight is 185 g/mol. The highest BCUT2D eigenvalue weighted by atomic mass is 19.1. The molecule has 0 aliphatic heterocycles. The van der Waals surface area contributed by atoms with Crippen molar-refractivity contribution in [3.8, 4) is 5.75 Å². The fraction of sp³-hybridized carbons (Fsp3) is 0.250. The van der Waals surface area contributed by atoms with Gasteiger partial charge in [-0.1, -0.05) is 6.07 Å². The zero-order valence-corrected chi connectivity index (χ0v) is 7.00. The van der Waals surface area contributed by atoms with Crippen molar-refractivity contribution in [2.24, 2.45) is 11.5 Å². The molecule has 0 spiro atoms. The topological polar surface area (TPSA) is 98.3 Å². The molecule has 13 heavy (non-hydrogen) atoms. The van der Waals surface area contributed by atoms with Crippen molar-refractivity contribution >= 4 is 5.69 Å². The molecule has 1 aromatic carbocycles. The maximum absolute atomic E-state index is 12.8. The maximum Gasteiger partial charge on any atom is 0.149 e. The molecular weight excluding hydrogens is 173 g/mol. The highest BCUT2D eigenvalue weighted by Gasteiger charge is 2.13. The smallest absolute Gasteiger partial charge is 0.149 e. The number of hydrogen-bond acceptors (Lipinski definition) is 4. The minimum atomic E-state index is -0.662. The van der Waals surface area contributed by atoms with Crippen LogP contribution in [0.4, 0.5) is 10.1 Å². The molecule has 0 saturated carbocycles. The molecule has 5 heteroatoms. The third kappa shape index (κ3) is 1.71. The average Bonchev–Trinajstić information content (AvgIpc) is 2.13. The number of hydrogen-bond donors (Lipinski definition) is 4. The van der Waals surface area contributed by atoms with Crippen LogP contribution in [0.1, 0.15) is 11.6 Å². The van der Waals surface area contributed by atoms with Gasteiger partial charge in [-0.25, -0.2) is 4.39 Å². The first-order valence-electron chi connectivity index (χ1n) is 3.80. The summed E-state index contributed by atoms with van der Waals surface area (Å²) < 4.78 is 12.8. The lowest BCUT2D eigenvalue weighted by atomic mass is 10.1. The maximum atomic E-state index is 12.8. The normalized spacial score (nSPS) is 12.8. The first kappa shape index (κ1) is 9.76. The number of anilines is 1. The molecule has 0 heterocycles. The Morgan fingerprint density at radius 2 is 2.08 bits per heavy atom. The van der Waals surface area contributed by atoms with Crippen molar-refractivity contribution in [3.05, 3.63) is 23.5 Å². The number of nitrogen functional groups attached to an aromatic ring is 1. The van der Waals surface area contributed by atoms with E-state index >= 15 is 0 Å². The fourth-order valence-corrected chi connectivity index (χ4v) is 1.03. The second kappa shape index (κ2) is 3.59. The zero-order chi connectivity index (χ0) is 10.0. The van der Waals surface area contributed by atoms with E-state index in [0.29, 0.717) is 5.56 Å². The molecule has 0 bridgehead atoms. The molecule has 72 valence electrons. The lowest BCUT2D eigenvalue weighted by molar-refractivity contribution is 0.459. The van der Waals surface area contributed by atoms with Crippen LogP contribution in [0.25, 0.3) is 0 Å². The third-order valence-corrected chi connectivity index (χ3v) is 1.85. The standard InChI is InChI=1S/C8H12FN3O/c9-5-2-1-4(6(11)3-10)8(13)7(5)12/h1-2,6,13H,3,10-12H2/t6-/m0/s1. The van der Waals surface area contributed by atoms with Gasteiger partial charge in [0.1, 0.15) is 17.3 Å². The third-order valence-electron chi connectivity index (χ3n) is 1.85. The lowest BCUT2D eigenvalue weighted by Gasteiger charge is -2.12. The van der Waals surface area contributed by atoms with Crippen molar-refractivity contribution in [3.63, 3.8) is 0 Å². The Morgan fingerprint density at radius 1 is 1.46 bits per heavy atom. The van der Waals surface area contributed by atoms with Gasteiger partial charge in [-0.3, -0.25) is 0 Å². The molecule has 1 rings (SSSR count). The van der Waals surface area contributed by atoms with Crippen molar-refractivity contribution in [1.29, 1.82) is 0 Å². The monoisotopic (exact) mass is 185 g/mol. The van der Waals surface area contributed by atoms with Gasteiger partial charge in [-0.15, -0.1) is 0 Å². The van der Waals surface area contributed by atoms with E-state index in [1.54, 1.807) is 0 Å². The van der Waals surface area contributed by atoms with Gasteiger partial charge < -0.3 is 22.3 Å². The number of aromatic hydroxyl groups is 1. The van der Waals surface area contributed by atoms with Gasteiger partial charge in [0.25, 0.3) is 0 Å². The molecule has 0 aliphatic carbocycles. The van der Waals surface area contributed by atoms with E-state index in [1.165, 1.54) is 6.07 Å². The predicted molar refractivity (Wildman–Crippen MR) is 48.5 cm³/mol. The van der Waals surface area contributed by atoms with Crippen LogP contribution in [0.5, 0.6) is 5.75 Å². The molecule has 0 fully saturated rings. The SMILES string of the molecule is NC[C@H](N)c1ccc(F)c(N)c1O. The molecular formula is C8H12FN3O. The van der Waals surface area contributed by atoms with E-state index in [4.69, 9.17) is 17.2 Å². The number of benzene rings is 1. The number of nitrogens with two attached hydrogens (primary N) is 3. The van der Waals surface area contributed by atoms with Crippen LogP contribution in [0, 0.1) is 5.82 Å². The largest absolute Gasteiger partial charge is 0.505 e. The summed E-state index contributed by atoms with van der Waals surface area (Å²) >= 11 is 0. The summed E-state index contributed by atoms with van der Waals surface area (Å²) in [5.74, 6) is -0.983. The summed E-state index contributed by atoms with van der Waals surface area (Å²) in [5.41, 5.74) is 16.2. The molecule has 7 N–H and O–H groups in total. The van der Waals surface area contributed by atoms with Crippen molar-refractivity contribution < 1.29 is 9.50 Å². The molecule has 0 saturated heterocycles. The van der Waals surface area contributed by atoms with Crippen LogP contribution in [0.3, 0.4) is 0 Å². The Balaban J connectivity index is 3.18. The van der Waals surface area contributed by atoms with Crippen LogP contribution >= 0.6 is 0 Å². The number of halogens is 1. The Hall–Kier alpha value is -1.33. The summed E-state index contributed by atoms with van der Waals surface area (Å²) in [5, 5.41) is 9.38. The van der Waals surface area contributed by atoms with Gasteiger partial charge >= 0.3 is 0 Å². The first-order valence-corrected chi connectivity index (χ1v) is 3.80. The van der Waals surface area contributed by atoms with Gasteiger partial charge in [-0.05, 0) is 6.07 Å². The van der Waals surface area contributed by atoms with Gasteiger partial charge in [0.05, 0.1) is 0 Å². The van der Waals surface area contributed by atoms with E-state index in [2.05, 4.69) is 0 Å². The Bertz CT molecular complexity index is 317. The van der Waals surface area contributed by atoms with E-state index in [1.807, 2.05) is 0 Å². The van der Waals surface area contributed by atoms with Gasteiger partial charge in [0.2, 0.25) is 0 Å². The quantitative estimate of drug-likeness (QED) is 0.387. The van der Waals surface area contributed by atoms with Crippen LogP contribution in [0.15, 0.2) is 12.1 Å². The Morgan fingerprint density at radius 3 is 2.62 bits per heavy atom. The molecule has 0 aliphatic rings. The summed E-state index contributed by atoms with van der Waals surface area (Å²) in [4.78, 5) is 0. The highest BCUT2D eigenvalue weighted by molar-refractivity contribution is 5.57. The zero-order valence-electron chi connectivity index (χ0n) is 7.00. The van der Waals surface area contributed by atoms with Crippen molar-refractivity contribution in [2.45, 2.75) is 6.04 Å². The predicted octanol–water partition coefficient (Wildman–Crippen LogP) is 0.0720. The Kier molecular flexibility index (Phi) is 2.69. The molecule has 1 atom stereocenters. The fourth-order valence-electron chi connectivity index (χ4n) is 1.03. The van der Waals surface area contributed by atoms with Crippen LogP contribution in [-0.2, 0) is 0 Å². The van der Waals surface area contributed by atoms with Gasteiger partial charge in [0.15, 0.2) is 0 Å². The number of phenols is 1. The lowest BCUT2D eigenvalue weighted by Crippen LogP contribution is -2.21. The van der Waals surface area contributed by atoms with Crippen LogP contribution in [0.2, 0.25) is 0 Å². The van der Waals surface area contributed by atoms with Crippen LogP contribution < -0.4 is 17.2 Å².